The highest BCUT2D eigenvalue weighted by Gasteiger charge is 2.31. The van der Waals surface area contributed by atoms with Gasteiger partial charge in [0.15, 0.2) is 0 Å². The molecule has 4 N–H and O–H groups in total. The molecule has 0 fully saturated rings. The first kappa shape index (κ1) is 38.9. The van der Waals surface area contributed by atoms with Gasteiger partial charge in [0.2, 0.25) is 23.6 Å². The van der Waals surface area contributed by atoms with Crippen molar-refractivity contribution >= 4 is 23.6 Å². The lowest BCUT2D eigenvalue weighted by Crippen LogP contribution is -2.58. The second-order valence-corrected chi connectivity index (χ2v) is 12.4. The Labute approximate surface area is 266 Å². The number of carbonyl (C=O) groups is 4. The number of phenolic OH excluding ortho intramolecular Hbond substituents is 1. The molecular formula is C35H60N4O5. The molecule has 0 aliphatic rings. The van der Waals surface area contributed by atoms with Gasteiger partial charge in [0, 0.05) is 26.4 Å². The van der Waals surface area contributed by atoms with Crippen LogP contribution in [-0.2, 0) is 25.6 Å². The average Bonchev–Trinajstić information content (AvgIpc) is 2.98. The summed E-state index contributed by atoms with van der Waals surface area (Å²) in [6.45, 7) is 12.5. The van der Waals surface area contributed by atoms with E-state index in [-0.39, 0.29) is 29.9 Å². The van der Waals surface area contributed by atoms with Gasteiger partial charge in [-0.25, -0.2) is 0 Å². The molecule has 0 heterocycles. The molecule has 0 aromatic heterocycles. The van der Waals surface area contributed by atoms with Gasteiger partial charge >= 0.3 is 0 Å². The third-order valence-electron chi connectivity index (χ3n) is 7.92. The van der Waals surface area contributed by atoms with Crippen LogP contribution in [0, 0.1) is 5.92 Å². The number of unbranched alkanes of at least 4 members (excludes halogenated alkanes) is 10. The van der Waals surface area contributed by atoms with Crippen molar-refractivity contribution in [3.8, 4) is 5.75 Å². The lowest BCUT2D eigenvalue weighted by Gasteiger charge is -2.29. The molecule has 0 aliphatic carbocycles. The van der Waals surface area contributed by atoms with Gasteiger partial charge in [-0.05, 0) is 43.4 Å². The minimum Gasteiger partial charge on any atom is -0.508 e. The van der Waals surface area contributed by atoms with Gasteiger partial charge in [0.25, 0.3) is 0 Å². The summed E-state index contributed by atoms with van der Waals surface area (Å²) in [5.41, 5.74) is 0.747. The number of rotatable bonds is 23. The van der Waals surface area contributed by atoms with Gasteiger partial charge in [-0.15, -0.1) is 0 Å². The summed E-state index contributed by atoms with van der Waals surface area (Å²) in [5.74, 6) is -1.54. The Bertz CT molecular complexity index is 966. The Kier molecular flexibility index (Phi) is 19.8. The largest absolute Gasteiger partial charge is 0.508 e. The molecular weight excluding hydrogens is 556 g/mol. The number of hydrogen-bond acceptors (Lipinski definition) is 5. The lowest BCUT2D eigenvalue weighted by molar-refractivity contribution is -0.137. The highest BCUT2D eigenvalue weighted by atomic mass is 16.3. The van der Waals surface area contributed by atoms with Crippen molar-refractivity contribution in [2.24, 2.45) is 5.92 Å². The van der Waals surface area contributed by atoms with E-state index >= 15 is 0 Å². The molecule has 250 valence electrons. The highest BCUT2D eigenvalue weighted by molar-refractivity contribution is 5.94. The van der Waals surface area contributed by atoms with Crippen LogP contribution < -0.4 is 16.0 Å². The highest BCUT2D eigenvalue weighted by Crippen LogP contribution is 2.13. The second kappa shape index (κ2) is 22.4. The smallest absolute Gasteiger partial charge is 0.244 e. The van der Waals surface area contributed by atoms with Crippen LogP contribution in [0.5, 0.6) is 5.75 Å². The molecule has 4 amide bonds. The molecule has 0 saturated carbocycles. The first-order valence-electron chi connectivity index (χ1n) is 16.9. The molecule has 44 heavy (non-hydrogen) atoms. The molecule has 0 aliphatic heterocycles. The van der Waals surface area contributed by atoms with Crippen molar-refractivity contribution in [1.82, 2.24) is 20.9 Å². The van der Waals surface area contributed by atoms with Crippen molar-refractivity contribution in [3.05, 3.63) is 29.8 Å². The van der Waals surface area contributed by atoms with Crippen LogP contribution in [0.3, 0.4) is 0 Å². The molecule has 0 radical (unpaired) electrons. The van der Waals surface area contributed by atoms with Crippen molar-refractivity contribution in [3.63, 3.8) is 0 Å². The quantitative estimate of drug-likeness (QED) is 0.118. The first-order valence-corrected chi connectivity index (χ1v) is 16.9. The number of phenols is 1. The van der Waals surface area contributed by atoms with Crippen LogP contribution in [0.2, 0.25) is 0 Å². The molecule has 1 rings (SSSR count). The number of hydrogen-bond donors (Lipinski definition) is 4. The van der Waals surface area contributed by atoms with Crippen molar-refractivity contribution in [2.45, 2.75) is 143 Å². The minimum absolute atomic E-state index is 0.0993. The van der Waals surface area contributed by atoms with E-state index < -0.39 is 29.9 Å². The summed E-state index contributed by atoms with van der Waals surface area (Å²) in [6, 6.07) is 3.86. The van der Waals surface area contributed by atoms with E-state index in [0.29, 0.717) is 13.1 Å². The van der Waals surface area contributed by atoms with Crippen LogP contribution >= 0.6 is 0 Å². The zero-order valence-electron chi connectivity index (χ0n) is 28.3. The molecule has 0 unspecified atom stereocenters. The summed E-state index contributed by atoms with van der Waals surface area (Å²) in [6.07, 6.45) is 13.9. The maximum atomic E-state index is 13.5. The molecule has 0 saturated heterocycles. The molecule has 0 spiro atoms. The average molecular weight is 617 g/mol. The minimum atomic E-state index is -0.907. The Morgan fingerprint density at radius 3 is 1.68 bits per heavy atom. The van der Waals surface area contributed by atoms with E-state index in [2.05, 4.69) is 29.8 Å². The van der Waals surface area contributed by atoms with Crippen molar-refractivity contribution < 1.29 is 24.3 Å². The van der Waals surface area contributed by atoms with Gasteiger partial charge < -0.3 is 26.0 Å². The summed E-state index contributed by atoms with van der Waals surface area (Å²) in [7, 11) is 0. The van der Waals surface area contributed by atoms with Crippen LogP contribution in [-0.4, -0.2) is 64.9 Å². The van der Waals surface area contributed by atoms with Gasteiger partial charge in [-0.3, -0.25) is 19.2 Å². The predicted octanol–water partition coefficient (Wildman–Crippen LogP) is 5.63. The number of nitrogens with zero attached hydrogens (tertiary/aromatic N) is 1. The molecule has 3 atom stereocenters. The fraction of sp³-hybridized carbons (Fsp3) is 0.714. The van der Waals surface area contributed by atoms with Crippen LogP contribution in [0.4, 0.5) is 0 Å². The van der Waals surface area contributed by atoms with Gasteiger partial charge in [0.05, 0.1) is 0 Å². The van der Waals surface area contributed by atoms with E-state index in [1.54, 1.807) is 19.1 Å². The zero-order valence-corrected chi connectivity index (χ0v) is 28.3. The fourth-order valence-corrected chi connectivity index (χ4v) is 5.25. The molecule has 0 bridgehead atoms. The summed E-state index contributed by atoms with van der Waals surface area (Å²) >= 11 is 0. The van der Waals surface area contributed by atoms with E-state index in [4.69, 9.17) is 0 Å². The van der Waals surface area contributed by atoms with Gasteiger partial charge in [-0.2, -0.15) is 0 Å². The van der Waals surface area contributed by atoms with Gasteiger partial charge in [-0.1, -0.05) is 104 Å². The second-order valence-electron chi connectivity index (χ2n) is 12.4. The number of amides is 4. The van der Waals surface area contributed by atoms with Crippen LogP contribution in [0.25, 0.3) is 0 Å². The maximum Gasteiger partial charge on any atom is 0.244 e. The maximum absolute atomic E-state index is 13.5. The first-order chi connectivity index (χ1) is 21.0. The third-order valence-corrected chi connectivity index (χ3v) is 7.92. The van der Waals surface area contributed by atoms with E-state index in [0.717, 1.165) is 31.2 Å². The van der Waals surface area contributed by atoms with Gasteiger partial charge in [0.1, 0.15) is 23.9 Å². The lowest BCUT2D eigenvalue weighted by atomic mass is 10.0. The molecule has 9 heteroatoms. The summed E-state index contributed by atoms with van der Waals surface area (Å²) in [5, 5.41) is 17.9. The SMILES string of the molecule is CCCCCCCCN(CCCCCCCC)C(=O)[C@H](C)NC(=O)[C@@H](NC(=O)[C@H](Cc1ccc(O)cc1)NC(C)=O)C(C)C. The third kappa shape index (κ3) is 16.1. The fourth-order valence-electron chi connectivity index (χ4n) is 5.25. The molecule has 1 aromatic carbocycles. The van der Waals surface area contributed by atoms with E-state index in [9.17, 15) is 24.3 Å². The number of aromatic hydroxyl groups is 1. The summed E-state index contributed by atoms with van der Waals surface area (Å²) in [4.78, 5) is 54.0. The number of nitrogens with one attached hydrogen (secondary N) is 3. The Hall–Kier alpha value is -3.10. The van der Waals surface area contributed by atoms with Crippen LogP contribution in [0.1, 0.15) is 124 Å². The molecule has 1 aromatic rings. The number of benzene rings is 1. The number of carbonyl (C=O) groups excluding carboxylic acids is 4. The topological polar surface area (TPSA) is 128 Å². The monoisotopic (exact) mass is 616 g/mol. The van der Waals surface area contributed by atoms with Crippen molar-refractivity contribution in [2.75, 3.05) is 13.1 Å². The zero-order chi connectivity index (χ0) is 32.9. The van der Waals surface area contributed by atoms with E-state index in [1.807, 2.05) is 18.7 Å². The standard InChI is InChI=1S/C35H60N4O5/c1-7-9-11-13-15-17-23-39(24-18-16-14-12-10-8-2)35(44)27(5)36-34(43)32(26(3)4)38-33(42)31(37-28(6)40)25-29-19-21-30(41)22-20-29/h19-22,26-27,31-32,41H,7-18,23-25H2,1-6H3,(H,36,43)(H,37,40)(H,38,42)/t27-,31-,32-/m0/s1. The Morgan fingerprint density at radius 1 is 0.705 bits per heavy atom. The van der Waals surface area contributed by atoms with Crippen molar-refractivity contribution in [1.29, 1.82) is 0 Å². The summed E-state index contributed by atoms with van der Waals surface area (Å²) < 4.78 is 0. The van der Waals surface area contributed by atoms with E-state index in [1.165, 1.54) is 70.4 Å². The normalized spacial score (nSPS) is 13.2. The molecule has 9 nitrogen and oxygen atoms in total. The van der Waals surface area contributed by atoms with Crippen LogP contribution in [0.15, 0.2) is 24.3 Å². The predicted molar refractivity (Wildman–Crippen MR) is 177 cm³/mol. The Morgan fingerprint density at radius 2 is 1.20 bits per heavy atom. The Balaban J connectivity index is 2.87.